The lowest BCUT2D eigenvalue weighted by atomic mass is 10.1. The van der Waals surface area contributed by atoms with Gasteiger partial charge in [0.2, 0.25) is 5.88 Å². The van der Waals surface area contributed by atoms with Crippen LogP contribution in [0, 0.1) is 11.8 Å². The number of methoxy groups -OCH3 is 2. The van der Waals surface area contributed by atoms with Gasteiger partial charge in [-0.05, 0) is 47.9 Å². The maximum Gasteiger partial charge on any atom is 0.382 e. The lowest BCUT2D eigenvalue weighted by molar-refractivity contribution is -0.130. The molecule has 0 aliphatic rings. The highest BCUT2D eigenvalue weighted by atomic mass is 32.1. The van der Waals surface area contributed by atoms with E-state index in [0.29, 0.717) is 18.0 Å². The van der Waals surface area contributed by atoms with Gasteiger partial charge in [-0.1, -0.05) is 41.5 Å². The molecule has 34 heavy (non-hydrogen) atoms. The Bertz CT molecular complexity index is 1340. The van der Waals surface area contributed by atoms with E-state index in [1.807, 2.05) is 48.5 Å². The van der Waals surface area contributed by atoms with Crippen LogP contribution < -0.4 is 14.4 Å². The van der Waals surface area contributed by atoms with Crippen LogP contribution in [0.5, 0.6) is 11.6 Å². The van der Waals surface area contributed by atoms with Crippen LogP contribution in [0.2, 0.25) is 0 Å². The number of carbonyl (C=O) groups is 1. The van der Waals surface area contributed by atoms with Crippen LogP contribution >= 0.6 is 11.3 Å². The van der Waals surface area contributed by atoms with Gasteiger partial charge in [0.05, 0.1) is 14.2 Å². The third kappa shape index (κ3) is 5.82. The standard InChI is InChI=1S/C26H23N3O4S/c1-32-21-10-7-19(8-11-21)15-16-29(17-20-5-3-18(4-6-20)9-14-24(30)31)26-27-22-12-13-23(33-2)28-25(22)34-26/h3-8,10-13H,15-17H2,1-2H3,(H,30,31). The van der Waals surface area contributed by atoms with Crippen LogP contribution in [0.3, 0.4) is 0 Å². The molecule has 0 aliphatic carbocycles. The fourth-order valence-electron chi connectivity index (χ4n) is 3.38. The first-order chi connectivity index (χ1) is 16.5. The van der Waals surface area contributed by atoms with E-state index in [2.05, 4.69) is 33.9 Å². The van der Waals surface area contributed by atoms with Crippen molar-refractivity contribution in [2.75, 3.05) is 25.7 Å². The summed E-state index contributed by atoms with van der Waals surface area (Å²) in [6.07, 6.45) is 0.832. The summed E-state index contributed by atoms with van der Waals surface area (Å²) in [4.78, 5) is 23.0. The van der Waals surface area contributed by atoms with Crippen molar-refractivity contribution in [2.45, 2.75) is 13.0 Å². The molecule has 0 bridgehead atoms. The monoisotopic (exact) mass is 473 g/mol. The van der Waals surface area contributed by atoms with E-state index in [0.717, 1.165) is 39.8 Å². The molecule has 0 fully saturated rings. The lowest BCUT2D eigenvalue weighted by Gasteiger charge is -2.22. The molecular weight excluding hydrogens is 450 g/mol. The average Bonchev–Trinajstić information content (AvgIpc) is 3.29. The molecule has 1 N–H and O–H groups in total. The molecule has 0 spiro atoms. The third-order valence-electron chi connectivity index (χ3n) is 5.17. The number of carboxylic acids is 1. The van der Waals surface area contributed by atoms with E-state index in [1.165, 1.54) is 16.9 Å². The Labute approximate surface area is 201 Å². The van der Waals surface area contributed by atoms with Gasteiger partial charge >= 0.3 is 5.97 Å². The number of rotatable bonds is 8. The number of anilines is 1. The Morgan fingerprint density at radius 1 is 0.971 bits per heavy atom. The highest BCUT2D eigenvalue weighted by molar-refractivity contribution is 7.21. The van der Waals surface area contributed by atoms with Crippen LogP contribution in [0.4, 0.5) is 5.13 Å². The van der Waals surface area contributed by atoms with E-state index in [-0.39, 0.29) is 0 Å². The normalized spacial score (nSPS) is 10.4. The summed E-state index contributed by atoms with van der Waals surface area (Å²) < 4.78 is 10.5. The average molecular weight is 474 g/mol. The van der Waals surface area contributed by atoms with Crippen LogP contribution in [0.15, 0.2) is 60.7 Å². The number of ether oxygens (including phenoxy) is 2. The van der Waals surface area contributed by atoms with Gasteiger partial charge in [-0.25, -0.2) is 14.8 Å². The van der Waals surface area contributed by atoms with Crippen LogP contribution in [-0.2, 0) is 17.8 Å². The Morgan fingerprint density at radius 2 is 1.71 bits per heavy atom. The summed E-state index contributed by atoms with van der Waals surface area (Å²) in [5, 5.41) is 9.62. The predicted octanol–water partition coefficient (Wildman–Crippen LogP) is 4.39. The fraction of sp³-hybridized carbons (Fsp3) is 0.192. The van der Waals surface area contributed by atoms with Gasteiger partial charge in [0.1, 0.15) is 16.1 Å². The number of nitrogens with zero attached hydrogens (tertiary/aromatic N) is 3. The number of fused-ring (bicyclic) bond motifs is 1. The molecule has 4 aromatic rings. The number of aromatic nitrogens is 2. The fourth-order valence-corrected chi connectivity index (χ4v) is 4.33. The molecule has 2 heterocycles. The van der Waals surface area contributed by atoms with Gasteiger partial charge in [-0.15, -0.1) is 0 Å². The van der Waals surface area contributed by atoms with Crippen molar-refractivity contribution in [3.63, 3.8) is 0 Å². The van der Waals surface area contributed by atoms with Crippen LogP contribution in [0.25, 0.3) is 10.3 Å². The van der Waals surface area contributed by atoms with Crippen LogP contribution in [-0.4, -0.2) is 41.8 Å². The maximum atomic E-state index is 10.7. The molecule has 0 aliphatic heterocycles. The summed E-state index contributed by atoms with van der Waals surface area (Å²) in [6, 6.07) is 19.4. The van der Waals surface area contributed by atoms with Gasteiger partial charge < -0.3 is 19.5 Å². The zero-order chi connectivity index (χ0) is 23.9. The van der Waals surface area contributed by atoms with Crippen molar-refractivity contribution in [1.29, 1.82) is 0 Å². The number of benzene rings is 2. The number of hydrogen-bond acceptors (Lipinski definition) is 7. The minimum Gasteiger partial charge on any atom is -0.497 e. The van der Waals surface area contributed by atoms with Gasteiger partial charge in [0.15, 0.2) is 5.13 Å². The minimum atomic E-state index is -1.14. The van der Waals surface area contributed by atoms with Crippen molar-refractivity contribution in [2.24, 2.45) is 0 Å². The summed E-state index contributed by atoms with van der Waals surface area (Å²) in [6.45, 7) is 1.39. The van der Waals surface area contributed by atoms with Crippen molar-refractivity contribution < 1.29 is 19.4 Å². The highest BCUT2D eigenvalue weighted by Gasteiger charge is 2.15. The molecule has 0 saturated heterocycles. The smallest absolute Gasteiger partial charge is 0.382 e. The quantitative estimate of drug-likeness (QED) is 0.380. The molecule has 0 atom stereocenters. The Balaban J connectivity index is 1.58. The summed E-state index contributed by atoms with van der Waals surface area (Å²) >= 11 is 1.53. The lowest BCUT2D eigenvalue weighted by Crippen LogP contribution is -2.25. The first-order valence-corrected chi connectivity index (χ1v) is 11.4. The molecule has 0 saturated carbocycles. The molecule has 4 rings (SSSR count). The molecule has 8 heteroatoms. The third-order valence-corrected chi connectivity index (χ3v) is 6.19. The highest BCUT2D eigenvalue weighted by Crippen LogP contribution is 2.30. The Hall–Kier alpha value is -4.09. The van der Waals surface area contributed by atoms with Gasteiger partial charge in [-0.3, -0.25) is 0 Å². The first kappa shape index (κ1) is 23.1. The topological polar surface area (TPSA) is 84.8 Å². The zero-order valence-electron chi connectivity index (χ0n) is 18.8. The predicted molar refractivity (Wildman–Crippen MR) is 133 cm³/mol. The second-order valence-corrected chi connectivity index (χ2v) is 8.40. The number of thiazole rings is 1. The zero-order valence-corrected chi connectivity index (χ0v) is 19.6. The van der Waals surface area contributed by atoms with Crippen molar-refractivity contribution >= 4 is 32.8 Å². The number of aliphatic carboxylic acids is 1. The number of carboxylic acid groups (broad SMARTS) is 1. The number of hydrogen-bond donors (Lipinski definition) is 1. The maximum absolute atomic E-state index is 10.7. The van der Waals surface area contributed by atoms with Crippen LogP contribution in [0.1, 0.15) is 16.7 Å². The molecule has 2 aromatic heterocycles. The second-order valence-electron chi connectivity index (χ2n) is 7.45. The van der Waals surface area contributed by atoms with E-state index in [4.69, 9.17) is 19.6 Å². The van der Waals surface area contributed by atoms with Gasteiger partial charge in [0.25, 0.3) is 0 Å². The number of pyridine rings is 1. The van der Waals surface area contributed by atoms with Crippen molar-refractivity contribution in [3.05, 3.63) is 77.4 Å². The van der Waals surface area contributed by atoms with E-state index >= 15 is 0 Å². The summed E-state index contributed by atoms with van der Waals surface area (Å²) in [5.74, 6) is 5.03. The molecule has 0 unspecified atom stereocenters. The Morgan fingerprint density at radius 3 is 2.38 bits per heavy atom. The molecule has 7 nitrogen and oxygen atoms in total. The Kier molecular flexibility index (Phi) is 7.25. The minimum absolute atomic E-state index is 0.561. The SMILES string of the molecule is COc1ccc(CCN(Cc2ccc(C#CC(=O)O)cc2)c2nc3ccc(OC)nc3s2)cc1. The van der Waals surface area contributed by atoms with E-state index in [9.17, 15) is 4.79 Å². The van der Waals surface area contributed by atoms with Gasteiger partial charge in [-0.2, -0.15) is 0 Å². The van der Waals surface area contributed by atoms with E-state index in [1.54, 1.807) is 14.2 Å². The van der Waals surface area contributed by atoms with Crippen molar-refractivity contribution in [1.82, 2.24) is 9.97 Å². The molecular formula is C26H23N3O4S. The molecule has 2 aromatic carbocycles. The van der Waals surface area contributed by atoms with E-state index < -0.39 is 5.97 Å². The molecule has 0 amide bonds. The summed E-state index contributed by atoms with van der Waals surface area (Å²) in [5.41, 5.74) is 3.76. The van der Waals surface area contributed by atoms with Crippen molar-refractivity contribution in [3.8, 4) is 23.5 Å². The summed E-state index contributed by atoms with van der Waals surface area (Å²) in [7, 11) is 3.26. The first-order valence-electron chi connectivity index (χ1n) is 10.6. The molecule has 172 valence electrons. The molecule has 0 radical (unpaired) electrons. The largest absolute Gasteiger partial charge is 0.497 e. The van der Waals surface area contributed by atoms with Gasteiger partial charge in [0, 0.05) is 30.6 Å². The second kappa shape index (κ2) is 10.7.